The van der Waals surface area contributed by atoms with Crippen molar-refractivity contribution < 1.29 is 4.79 Å². The van der Waals surface area contributed by atoms with Crippen molar-refractivity contribution in [2.24, 2.45) is 10.9 Å². The lowest BCUT2D eigenvalue weighted by Gasteiger charge is -2.21. The van der Waals surface area contributed by atoms with E-state index in [1.807, 2.05) is 29.2 Å². The quantitative estimate of drug-likeness (QED) is 0.213. The van der Waals surface area contributed by atoms with E-state index in [2.05, 4.69) is 40.0 Å². The average Bonchev–Trinajstić information content (AvgIpc) is 3.49. The first kappa shape index (κ1) is 24.5. The normalized spacial score (nSPS) is 19.1. The van der Waals surface area contributed by atoms with Crippen LogP contribution in [0.3, 0.4) is 0 Å². The largest absolute Gasteiger partial charge is 0.368 e. The smallest absolute Gasteiger partial charge is 0.225 e. The number of fused-ring (bicyclic) bond motifs is 1. The van der Waals surface area contributed by atoms with Gasteiger partial charge in [-0.15, -0.1) is 24.0 Å². The molecule has 2 heterocycles. The van der Waals surface area contributed by atoms with Gasteiger partial charge in [0, 0.05) is 43.5 Å². The number of benzene rings is 1. The first-order chi connectivity index (χ1) is 15.2. The zero-order chi connectivity index (χ0) is 21.5. The number of pyridine rings is 1. The number of hydrogen-bond acceptors (Lipinski definition) is 4. The number of guanidine groups is 1. The van der Waals surface area contributed by atoms with E-state index in [-0.39, 0.29) is 35.9 Å². The van der Waals surface area contributed by atoms with Crippen LogP contribution >= 0.6 is 24.0 Å². The van der Waals surface area contributed by atoms with Crippen molar-refractivity contribution in [2.45, 2.75) is 45.1 Å². The average molecular weight is 550 g/mol. The number of aliphatic imine (C=N–C) groups is 1. The summed E-state index contributed by atoms with van der Waals surface area (Å²) in [7, 11) is 0. The van der Waals surface area contributed by atoms with Crippen LogP contribution in [-0.2, 0) is 4.79 Å². The number of anilines is 1. The fourth-order valence-corrected chi connectivity index (χ4v) is 4.54. The summed E-state index contributed by atoms with van der Waals surface area (Å²) < 4.78 is 0. The maximum Gasteiger partial charge on any atom is 0.225 e. The second-order valence-electron chi connectivity index (χ2n) is 8.47. The van der Waals surface area contributed by atoms with E-state index in [0.717, 1.165) is 61.6 Å². The van der Waals surface area contributed by atoms with Crippen LogP contribution in [0.4, 0.5) is 5.82 Å². The molecule has 0 radical (unpaired) electrons. The number of hydrogen-bond donors (Lipinski definition) is 3. The monoisotopic (exact) mass is 550 g/mol. The van der Waals surface area contributed by atoms with E-state index in [4.69, 9.17) is 4.99 Å². The van der Waals surface area contributed by atoms with E-state index >= 15 is 0 Å². The summed E-state index contributed by atoms with van der Waals surface area (Å²) in [5, 5.41) is 11.3. The SMILES string of the molecule is CCNC(=NCCNc1ccc2ccccc2n1)NC1CCN(C(=O)C2CCCC2)C1.I. The van der Waals surface area contributed by atoms with Crippen molar-refractivity contribution in [3.63, 3.8) is 0 Å². The standard InChI is InChI=1S/C24H34N6O.HI/c1-2-25-24(28-20-13-16-30(17-20)23(31)19-8-3-4-9-19)27-15-14-26-22-12-11-18-7-5-6-10-21(18)29-22;/h5-7,10-12,19-20H,2-4,8-9,13-17H2,1H3,(H,26,29)(H2,25,27,28);1H. The Balaban J connectivity index is 0.00000289. The summed E-state index contributed by atoms with van der Waals surface area (Å²) in [5.74, 6) is 2.30. The Morgan fingerprint density at radius 1 is 1.16 bits per heavy atom. The maximum atomic E-state index is 12.7. The molecule has 1 aliphatic heterocycles. The van der Waals surface area contributed by atoms with Gasteiger partial charge in [0.25, 0.3) is 0 Å². The van der Waals surface area contributed by atoms with Crippen LogP contribution in [0.1, 0.15) is 39.0 Å². The van der Waals surface area contributed by atoms with Crippen LogP contribution in [0.25, 0.3) is 10.9 Å². The molecule has 32 heavy (non-hydrogen) atoms. The van der Waals surface area contributed by atoms with E-state index in [1.54, 1.807) is 0 Å². The van der Waals surface area contributed by atoms with Crippen molar-refractivity contribution in [3.05, 3.63) is 36.4 Å². The van der Waals surface area contributed by atoms with Gasteiger partial charge in [0.05, 0.1) is 12.1 Å². The lowest BCUT2D eigenvalue weighted by molar-refractivity contribution is -0.134. The summed E-state index contributed by atoms with van der Waals surface area (Å²) in [4.78, 5) is 24.1. The van der Waals surface area contributed by atoms with Crippen LogP contribution in [0.2, 0.25) is 0 Å². The van der Waals surface area contributed by atoms with Crippen molar-refractivity contribution in [1.82, 2.24) is 20.5 Å². The molecule has 1 aromatic carbocycles. The highest BCUT2D eigenvalue weighted by Gasteiger charge is 2.32. The Morgan fingerprint density at radius 3 is 2.78 bits per heavy atom. The lowest BCUT2D eigenvalue weighted by Crippen LogP contribution is -2.45. The molecule has 1 aliphatic carbocycles. The maximum absolute atomic E-state index is 12.7. The minimum atomic E-state index is 0. The van der Waals surface area contributed by atoms with Gasteiger partial charge in [-0.3, -0.25) is 9.79 Å². The molecule has 7 nitrogen and oxygen atoms in total. The topological polar surface area (TPSA) is 81.7 Å². The Morgan fingerprint density at radius 2 is 1.97 bits per heavy atom. The number of carbonyl (C=O) groups excluding carboxylic acids is 1. The van der Waals surface area contributed by atoms with E-state index in [0.29, 0.717) is 19.0 Å². The molecule has 8 heteroatoms. The molecule has 1 saturated heterocycles. The molecular weight excluding hydrogens is 515 g/mol. The third-order valence-electron chi connectivity index (χ3n) is 6.18. The summed E-state index contributed by atoms with van der Waals surface area (Å²) in [6.45, 7) is 5.85. The highest BCUT2D eigenvalue weighted by molar-refractivity contribution is 14.0. The predicted octanol–water partition coefficient (Wildman–Crippen LogP) is 3.61. The number of halogens is 1. The van der Waals surface area contributed by atoms with Crippen molar-refractivity contribution >= 4 is 52.6 Å². The first-order valence-electron chi connectivity index (χ1n) is 11.7. The Kier molecular flexibility index (Phi) is 9.37. The number of para-hydroxylation sites is 1. The molecule has 0 bridgehead atoms. The van der Waals surface area contributed by atoms with Crippen molar-refractivity contribution in [3.8, 4) is 0 Å². The summed E-state index contributed by atoms with van der Waals surface area (Å²) in [6, 6.07) is 12.5. The van der Waals surface area contributed by atoms with Gasteiger partial charge < -0.3 is 20.9 Å². The number of amides is 1. The molecule has 1 saturated carbocycles. The van der Waals surface area contributed by atoms with Gasteiger partial charge in [-0.1, -0.05) is 31.0 Å². The minimum Gasteiger partial charge on any atom is -0.368 e. The molecule has 1 atom stereocenters. The second-order valence-corrected chi connectivity index (χ2v) is 8.47. The lowest BCUT2D eigenvalue weighted by atomic mass is 10.1. The van der Waals surface area contributed by atoms with Crippen LogP contribution in [0, 0.1) is 5.92 Å². The fraction of sp³-hybridized carbons (Fsp3) is 0.542. The van der Waals surface area contributed by atoms with E-state index in [9.17, 15) is 4.79 Å². The molecule has 3 N–H and O–H groups in total. The van der Waals surface area contributed by atoms with Gasteiger partial charge in [0.15, 0.2) is 5.96 Å². The van der Waals surface area contributed by atoms with Gasteiger partial charge >= 0.3 is 0 Å². The molecule has 2 fully saturated rings. The van der Waals surface area contributed by atoms with Gasteiger partial charge in [0.1, 0.15) is 5.82 Å². The predicted molar refractivity (Wildman–Crippen MR) is 142 cm³/mol. The van der Waals surface area contributed by atoms with Crippen LogP contribution in [0.15, 0.2) is 41.4 Å². The van der Waals surface area contributed by atoms with Crippen LogP contribution in [-0.4, -0.2) is 60.5 Å². The Labute approximate surface area is 207 Å². The van der Waals surface area contributed by atoms with Gasteiger partial charge in [-0.25, -0.2) is 4.98 Å². The molecular formula is C24H35IN6O. The van der Waals surface area contributed by atoms with Gasteiger partial charge in [-0.2, -0.15) is 0 Å². The Hall–Kier alpha value is -2.10. The second kappa shape index (κ2) is 12.2. The molecule has 1 aromatic heterocycles. The fourth-order valence-electron chi connectivity index (χ4n) is 4.54. The van der Waals surface area contributed by atoms with Crippen molar-refractivity contribution in [1.29, 1.82) is 0 Å². The number of aromatic nitrogens is 1. The summed E-state index contributed by atoms with van der Waals surface area (Å²) in [5.41, 5.74) is 0.990. The number of likely N-dealkylation sites (tertiary alicyclic amines) is 1. The number of nitrogens with zero attached hydrogens (tertiary/aromatic N) is 3. The molecule has 2 aliphatic rings. The molecule has 4 rings (SSSR count). The van der Waals surface area contributed by atoms with E-state index in [1.165, 1.54) is 12.8 Å². The molecule has 174 valence electrons. The third kappa shape index (κ3) is 6.46. The molecule has 1 unspecified atom stereocenters. The van der Waals surface area contributed by atoms with Gasteiger partial charge in [-0.05, 0) is 44.4 Å². The molecule has 2 aromatic rings. The number of carbonyl (C=O) groups is 1. The highest BCUT2D eigenvalue weighted by atomic mass is 127. The number of nitrogens with one attached hydrogen (secondary N) is 3. The molecule has 0 spiro atoms. The van der Waals surface area contributed by atoms with Crippen LogP contribution < -0.4 is 16.0 Å². The summed E-state index contributed by atoms with van der Waals surface area (Å²) in [6.07, 6.45) is 5.51. The summed E-state index contributed by atoms with van der Waals surface area (Å²) >= 11 is 0. The molecule has 1 amide bonds. The number of rotatable bonds is 7. The van der Waals surface area contributed by atoms with E-state index < -0.39 is 0 Å². The third-order valence-corrected chi connectivity index (χ3v) is 6.18. The van der Waals surface area contributed by atoms with Crippen LogP contribution in [0.5, 0.6) is 0 Å². The zero-order valence-corrected chi connectivity index (χ0v) is 21.2. The Bertz CT molecular complexity index is 914. The highest BCUT2D eigenvalue weighted by Crippen LogP contribution is 2.27. The first-order valence-corrected chi connectivity index (χ1v) is 11.7. The zero-order valence-electron chi connectivity index (χ0n) is 18.8. The van der Waals surface area contributed by atoms with Gasteiger partial charge in [0.2, 0.25) is 5.91 Å². The minimum absolute atomic E-state index is 0. The van der Waals surface area contributed by atoms with Crippen molar-refractivity contribution in [2.75, 3.05) is 38.0 Å².